The van der Waals surface area contributed by atoms with Gasteiger partial charge in [-0.1, -0.05) is 44.0 Å². The summed E-state index contributed by atoms with van der Waals surface area (Å²) < 4.78 is 0. The molecule has 1 fully saturated rings. The Balaban J connectivity index is 2.03. The summed E-state index contributed by atoms with van der Waals surface area (Å²) in [6.07, 6.45) is 4.02. The zero-order chi connectivity index (χ0) is 26.2. The molecule has 12 heteroatoms. The zero-order valence-electron chi connectivity index (χ0n) is 20.1. The van der Waals surface area contributed by atoms with Crippen molar-refractivity contribution >= 4 is 35.9 Å². The quantitative estimate of drug-likeness (QED) is 0.108. The SMILES string of the molecule is CCCCCC(=O)NC(CNC(=O)CN1C(=O)N(C)C(C)(c2ccc(/C=N/N)cc2)C1=O)C(=O)O. The van der Waals surface area contributed by atoms with Crippen molar-refractivity contribution in [3.8, 4) is 0 Å². The van der Waals surface area contributed by atoms with Gasteiger partial charge >= 0.3 is 12.0 Å². The first-order chi connectivity index (χ1) is 16.6. The van der Waals surface area contributed by atoms with Gasteiger partial charge in [0.05, 0.1) is 6.21 Å². The van der Waals surface area contributed by atoms with Crippen molar-refractivity contribution in [3.63, 3.8) is 0 Å². The van der Waals surface area contributed by atoms with Gasteiger partial charge in [0.25, 0.3) is 5.91 Å². The van der Waals surface area contributed by atoms with Crippen molar-refractivity contribution in [1.82, 2.24) is 20.4 Å². The fraction of sp³-hybridized carbons (Fsp3) is 0.478. The smallest absolute Gasteiger partial charge is 0.328 e. The maximum absolute atomic E-state index is 13.2. The van der Waals surface area contributed by atoms with Crippen LogP contribution in [0.1, 0.15) is 50.7 Å². The summed E-state index contributed by atoms with van der Waals surface area (Å²) in [7, 11) is 1.46. The summed E-state index contributed by atoms with van der Waals surface area (Å²) in [6.45, 7) is 2.58. The number of likely N-dealkylation sites (N-methyl/N-ethyl adjacent to an activating group) is 1. The van der Waals surface area contributed by atoms with E-state index < -0.39 is 47.8 Å². The molecule has 5 amide bonds. The second-order valence-corrected chi connectivity index (χ2v) is 8.42. The topological polar surface area (TPSA) is 174 Å². The predicted octanol–water partition coefficient (Wildman–Crippen LogP) is 0.354. The van der Waals surface area contributed by atoms with Crippen LogP contribution in [0.3, 0.4) is 0 Å². The largest absolute Gasteiger partial charge is 0.480 e. The number of carbonyl (C=O) groups excluding carboxylic acids is 4. The molecule has 1 aromatic rings. The highest BCUT2D eigenvalue weighted by atomic mass is 16.4. The van der Waals surface area contributed by atoms with Gasteiger partial charge in [0.15, 0.2) is 0 Å². The number of rotatable bonds is 12. The molecule has 1 aromatic carbocycles. The third-order valence-electron chi connectivity index (χ3n) is 5.99. The number of imide groups is 1. The molecule has 5 N–H and O–H groups in total. The van der Waals surface area contributed by atoms with Gasteiger partial charge in [0.1, 0.15) is 18.1 Å². The van der Waals surface area contributed by atoms with Crippen LogP contribution in [0, 0.1) is 0 Å². The number of unbranched alkanes of at least 4 members (excludes halogenated alkanes) is 2. The molecule has 0 radical (unpaired) electrons. The molecule has 1 saturated heterocycles. The average molecular weight is 489 g/mol. The number of nitrogens with zero attached hydrogens (tertiary/aromatic N) is 3. The second kappa shape index (κ2) is 12.0. The fourth-order valence-corrected chi connectivity index (χ4v) is 3.72. The Kier molecular flexibility index (Phi) is 9.32. The van der Waals surface area contributed by atoms with Gasteiger partial charge in [-0.15, -0.1) is 0 Å². The fourth-order valence-electron chi connectivity index (χ4n) is 3.72. The van der Waals surface area contributed by atoms with Crippen LogP contribution in [0.15, 0.2) is 29.4 Å². The van der Waals surface area contributed by atoms with E-state index in [9.17, 15) is 29.1 Å². The summed E-state index contributed by atoms with van der Waals surface area (Å²) in [5.74, 6) is 2.08. The van der Waals surface area contributed by atoms with Gasteiger partial charge in [0, 0.05) is 20.0 Å². The van der Waals surface area contributed by atoms with Crippen LogP contribution < -0.4 is 16.5 Å². The van der Waals surface area contributed by atoms with Crippen molar-refractivity contribution in [2.45, 2.75) is 51.1 Å². The average Bonchev–Trinajstić information content (AvgIpc) is 2.98. The van der Waals surface area contributed by atoms with E-state index in [4.69, 9.17) is 5.84 Å². The molecule has 0 aromatic heterocycles. The number of urea groups is 1. The number of hydrazone groups is 1. The third-order valence-corrected chi connectivity index (χ3v) is 5.99. The lowest BCUT2D eigenvalue weighted by molar-refractivity contribution is -0.142. The minimum Gasteiger partial charge on any atom is -0.480 e. The summed E-state index contributed by atoms with van der Waals surface area (Å²) in [5, 5.41) is 17.5. The van der Waals surface area contributed by atoms with Gasteiger partial charge in [0.2, 0.25) is 11.8 Å². The standard InChI is InChI=1S/C23H32N6O6/c1-4-5-6-7-18(30)27-17(20(32)33)13-25-19(31)14-29-21(34)23(2,28(3)22(29)35)16-10-8-15(9-11-16)12-26-24/h8-12,17H,4-7,13-14,24H2,1-3H3,(H,25,31)(H,27,30)(H,32,33)/b26-12+. The van der Waals surface area contributed by atoms with E-state index in [-0.39, 0.29) is 13.0 Å². The number of nitrogens with two attached hydrogens (primary N) is 1. The van der Waals surface area contributed by atoms with Crippen molar-refractivity contribution in [2.24, 2.45) is 10.9 Å². The van der Waals surface area contributed by atoms with Crippen LogP contribution >= 0.6 is 0 Å². The normalized spacial score (nSPS) is 18.7. The first kappa shape index (κ1) is 27.3. The van der Waals surface area contributed by atoms with E-state index in [1.54, 1.807) is 31.2 Å². The monoisotopic (exact) mass is 488 g/mol. The summed E-state index contributed by atoms with van der Waals surface area (Å²) in [4.78, 5) is 63.9. The molecule has 12 nitrogen and oxygen atoms in total. The number of nitrogens with one attached hydrogen (secondary N) is 2. The first-order valence-corrected chi connectivity index (χ1v) is 11.3. The Hall–Kier alpha value is -3.96. The second-order valence-electron chi connectivity index (χ2n) is 8.42. The number of hydrogen-bond donors (Lipinski definition) is 4. The van der Waals surface area contributed by atoms with Gasteiger partial charge in [-0.25, -0.2) is 9.59 Å². The van der Waals surface area contributed by atoms with E-state index >= 15 is 0 Å². The van der Waals surface area contributed by atoms with Gasteiger partial charge in [-0.3, -0.25) is 19.3 Å². The van der Waals surface area contributed by atoms with E-state index in [2.05, 4.69) is 15.7 Å². The van der Waals surface area contributed by atoms with Crippen molar-refractivity contribution in [1.29, 1.82) is 0 Å². The molecule has 2 atom stereocenters. The highest BCUT2D eigenvalue weighted by Crippen LogP contribution is 2.35. The van der Waals surface area contributed by atoms with Crippen LogP contribution in [0.25, 0.3) is 0 Å². The van der Waals surface area contributed by atoms with Crippen LogP contribution in [0.2, 0.25) is 0 Å². The Labute approximate surface area is 203 Å². The summed E-state index contributed by atoms with van der Waals surface area (Å²) >= 11 is 0. The maximum Gasteiger partial charge on any atom is 0.328 e. The molecule has 1 aliphatic rings. The number of carboxylic acid groups (broad SMARTS) is 1. The molecule has 0 spiro atoms. The molecule has 2 rings (SSSR count). The molecule has 190 valence electrons. The molecular weight excluding hydrogens is 456 g/mol. The zero-order valence-corrected chi connectivity index (χ0v) is 20.1. The lowest BCUT2D eigenvalue weighted by Crippen LogP contribution is -2.50. The molecule has 0 aliphatic carbocycles. The van der Waals surface area contributed by atoms with Crippen LogP contribution in [0.4, 0.5) is 4.79 Å². The van der Waals surface area contributed by atoms with Gasteiger partial charge < -0.3 is 26.5 Å². The minimum absolute atomic E-state index is 0.188. The van der Waals surface area contributed by atoms with Crippen molar-refractivity contribution in [2.75, 3.05) is 20.1 Å². The van der Waals surface area contributed by atoms with Gasteiger partial charge in [-0.2, -0.15) is 5.10 Å². The predicted molar refractivity (Wildman–Crippen MR) is 127 cm³/mol. The molecular formula is C23H32N6O6. The third kappa shape index (κ3) is 6.34. The van der Waals surface area contributed by atoms with Gasteiger partial charge in [-0.05, 0) is 24.5 Å². The Bertz CT molecular complexity index is 995. The van der Waals surface area contributed by atoms with Crippen LogP contribution in [-0.2, 0) is 24.7 Å². The number of carboxylic acids is 1. The number of aliphatic carboxylic acids is 1. The summed E-state index contributed by atoms with van der Waals surface area (Å²) in [6, 6.07) is 4.73. The minimum atomic E-state index is -1.34. The van der Waals surface area contributed by atoms with E-state index in [1.807, 2.05) is 6.92 Å². The van der Waals surface area contributed by atoms with Crippen molar-refractivity contribution in [3.05, 3.63) is 35.4 Å². The number of amides is 5. The first-order valence-electron chi connectivity index (χ1n) is 11.3. The highest BCUT2D eigenvalue weighted by Gasteiger charge is 2.54. The molecule has 1 heterocycles. The molecule has 1 aliphatic heterocycles. The van der Waals surface area contributed by atoms with E-state index in [1.165, 1.54) is 18.2 Å². The maximum atomic E-state index is 13.2. The lowest BCUT2D eigenvalue weighted by Gasteiger charge is -2.29. The number of benzene rings is 1. The molecule has 0 bridgehead atoms. The van der Waals surface area contributed by atoms with E-state index in [0.717, 1.165) is 17.7 Å². The summed E-state index contributed by atoms with van der Waals surface area (Å²) in [5.41, 5.74) is -0.0978. The molecule has 0 saturated carbocycles. The Morgan fingerprint density at radius 3 is 2.40 bits per heavy atom. The Morgan fingerprint density at radius 1 is 1.17 bits per heavy atom. The van der Waals surface area contributed by atoms with Crippen molar-refractivity contribution < 1.29 is 29.1 Å². The van der Waals surface area contributed by atoms with Crippen LogP contribution in [0.5, 0.6) is 0 Å². The Morgan fingerprint density at radius 2 is 1.83 bits per heavy atom. The molecule has 35 heavy (non-hydrogen) atoms. The van der Waals surface area contributed by atoms with Crippen LogP contribution in [-0.4, -0.2) is 77.0 Å². The lowest BCUT2D eigenvalue weighted by atomic mass is 9.90. The highest BCUT2D eigenvalue weighted by molar-refractivity contribution is 6.09. The molecule has 2 unspecified atom stereocenters. The number of hydrogen-bond acceptors (Lipinski definition) is 7. The van der Waals surface area contributed by atoms with E-state index in [0.29, 0.717) is 17.5 Å². The number of carbonyl (C=O) groups is 5.